The molecular weight excluding hydrogens is 321 g/mol. The summed E-state index contributed by atoms with van der Waals surface area (Å²) in [4.78, 5) is 17.1. The zero-order valence-corrected chi connectivity index (χ0v) is 14.6. The minimum absolute atomic E-state index is 0.0480. The summed E-state index contributed by atoms with van der Waals surface area (Å²) < 4.78 is 0. The first-order valence-corrected chi connectivity index (χ1v) is 8.49. The van der Waals surface area contributed by atoms with E-state index in [-0.39, 0.29) is 11.9 Å². The molecule has 1 aromatic carbocycles. The Kier molecular flexibility index (Phi) is 6.50. The molecule has 1 aromatic rings. The standard InChI is InChI=1S/C16H23Cl2N3O/c1-3-6-20-7-9-21(10-8-20)12(2)16(22)19-15-11-13(17)4-5-14(15)18/h4-5,11-12H,3,6-10H2,1-2H3,(H,19,22). The van der Waals surface area contributed by atoms with E-state index in [1.807, 2.05) is 6.92 Å². The molecular formula is C16H23Cl2N3O. The molecule has 1 fully saturated rings. The number of rotatable bonds is 5. The van der Waals surface area contributed by atoms with Gasteiger partial charge >= 0.3 is 0 Å². The largest absolute Gasteiger partial charge is 0.323 e. The number of hydrogen-bond acceptors (Lipinski definition) is 3. The maximum atomic E-state index is 12.4. The number of piperazine rings is 1. The predicted molar refractivity (Wildman–Crippen MR) is 92.9 cm³/mol. The minimum atomic E-state index is -0.182. The summed E-state index contributed by atoms with van der Waals surface area (Å²) in [6, 6.07) is 4.89. The highest BCUT2D eigenvalue weighted by atomic mass is 35.5. The third-order valence-corrected chi connectivity index (χ3v) is 4.62. The SMILES string of the molecule is CCCN1CCN(C(C)C(=O)Nc2cc(Cl)ccc2Cl)CC1. The average Bonchev–Trinajstić information content (AvgIpc) is 2.51. The van der Waals surface area contributed by atoms with Gasteiger partial charge in [0.05, 0.1) is 16.8 Å². The maximum absolute atomic E-state index is 12.4. The lowest BCUT2D eigenvalue weighted by Crippen LogP contribution is -2.52. The van der Waals surface area contributed by atoms with Crippen LogP contribution < -0.4 is 5.32 Å². The van der Waals surface area contributed by atoms with Crippen molar-refractivity contribution in [3.8, 4) is 0 Å². The summed E-state index contributed by atoms with van der Waals surface area (Å²) in [5, 5.41) is 3.93. The van der Waals surface area contributed by atoms with Crippen LogP contribution in [0.4, 0.5) is 5.69 Å². The summed E-state index contributed by atoms with van der Waals surface area (Å²) in [7, 11) is 0. The fraction of sp³-hybridized carbons (Fsp3) is 0.562. The molecule has 0 spiro atoms. The van der Waals surface area contributed by atoms with Gasteiger partial charge in [0.1, 0.15) is 0 Å². The second kappa shape index (κ2) is 8.16. The minimum Gasteiger partial charge on any atom is -0.323 e. The molecule has 1 N–H and O–H groups in total. The monoisotopic (exact) mass is 343 g/mol. The van der Waals surface area contributed by atoms with Crippen molar-refractivity contribution in [2.75, 3.05) is 38.0 Å². The van der Waals surface area contributed by atoms with Gasteiger partial charge in [-0.2, -0.15) is 0 Å². The molecule has 2 rings (SSSR count). The van der Waals surface area contributed by atoms with Gasteiger partial charge in [0, 0.05) is 31.2 Å². The normalized spacial score (nSPS) is 18.2. The molecule has 6 heteroatoms. The van der Waals surface area contributed by atoms with E-state index >= 15 is 0 Å². The Morgan fingerprint density at radius 2 is 1.95 bits per heavy atom. The molecule has 1 heterocycles. The van der Waals surface area contributed by atoms with Gasteiger partial charge in [-0.3, -0.25) is 9.69 Å². The van der Waals surface area contributed by atoms with Crippen molar-refractivity contribution >= 4 is 34.8 Å². The second-order valence-electron chi connectivity index (χ2n) is 5.67. The van der Waals surface area contributed by atoms with Crippen molar-refractivity contribution in [2.45, 2.75) is 26.3 Å². The van der Waals surface area contributed by atoms with Gasteiger partial charge in [-0.05, 0) is 38.1 Å². The fourth-order valence-corrected chi connectivity index (χ4v) is 3.02. The van der Waals surface area contributed by atoms with Crippen LogP contribution in [0.3, 0.4) is 0 Å². The molecule has 122 valence electrons. The van der Waals surface area contributed by atoms with Crippen LogP contribution in [0.1, 0.15) is 20.3 Å². The van der Waals surface area contributed by atoms with Crippen LogP contribution in [0.5, 0.6) is 0 Å². The van der Waals surface area contributed by atoms with Gasteiger partial charge in [-0.15, -0.1) is 0 Å². The van der Waals surface area contributed by atoms with Gasteiger partial charge in [0.25, 0.3) is 0 Å². The maximum Gasteiger partial charge on any atom is 0.241 e. The number of halogens is 2. The van der Waals surface area contributed by atoms with Gasteiger partial charge in [0.15, 0.2) is 0 Å². The highest BCUT2D eigenvalue weighted by Gasteiger charge is 2.25. The lowest BCUT2D eigenvalue weighted by molar-refractivity contribution is -0.121. The van der Waals surface area contributed by atoms with Gasteiger partial charge in [0.2, 0.25) is 5.91 Å². The zero-order chi connectivity index (χ0) is 16.1. The number of benzene rings is 1. The van der Waals surface area contributed by atoms with Crippen molar-refractivity contribution in [1.82, 2.24) is 9.80 Å². The molecule has 1 aliphatic heterocycles. The molecule has 4 nitrogen and oxygen atoms in total. The summed E-state index contributed by atoms with van der Waals surface area (Å²) in [5.41, 5.74) is 0.565. The van der Waals surface area contributed by atoms with E-state index in [1.165, 1.54) is 6.42 Å². The third kappa shape index (κ3) is 4.59. The van der Waals surface area contributed by atoms with Crippen molar-refractivity contribution in [2.24, 2.45) is 0 Å². The summed E-state index contributed by atoms with van der Waals surface area (Å²) >= 11 is 12.0. The quantitative estimate of drug-likeness (QED) is 0.890. The Hall–Kier alpha value is -0.810. The molecule has 0 aliphatic carbocycles. The lowest BCUT2D eigenvalue weighted by Gasteiger charge is -2.37. The van der Waals surface area contributed by atoms with E-state index in [1.54, 1.807) is 18.2 Å². The number of carbonyl (C=O) groups is 1. The molecule has 1 saturated heterocycles. The van der Waals surface area contributed by atoms with Crippen molar-refractivity contribution in [3.63, 3.8) is 0 Å². The molecule has 0 radical (unpaired) electrons. The number of amides is 1. The van der Waals surface area contributed by atoms with Crippen molar-refractivity contribution < 1.29 is 4.79 Å². The average molecular weight is 344 g/mol. The number of hydrogen-bond donors (Lipinski definition) is 1. The van der Waals surface area contributed by atoms with E-state index in [2.05, 4.69) is 22.0 Å². The van der Waals surface area contributed by atoms with E-state index in [0.717, 1.165) is 32.7 Å². The van der Waals surface area contributed by atoms with Crippen molar-refractivity contribution in [1.29, 1.82) is 0 Å². The first-order chi connectivity index (χ1) is 10.5. The van der Waals surface area contributed by atoms with E-state index in [9.17, 15) is 4.79 Å². The van der Waals surface area contributed by atoms with E-state index in [4.69, 9.17) is 23.2 Å². The van der Waals surface area contributed by atoms with E-state index in [0.29, 0.717) is 15.7 Å². The van der Waals surface area contributed by atoms with Gasteiger partial charge in [-0.25, -0.2) is 0 Å². The summed E-state index contributed by atoms with van der Waals surface area (Å²) in [6.07, 6.45) is 1.17. The smallest absolute Gasteiger partial charge is 0.241 e. The Labute approximate surface area is 142 Å². The van der Waals surface area contributed by atoms with Crippen LogP contribution in [0.25, 0.3) is 0 Å². The van der Waals surface area contributed by atoms with Crippen LogP contribution in [-0.2, 0) is 4.79 Å². The Morgan fingerprint density at radius 1 is 1.27 bits per heavy atom. The van der Waals surface area contributed by atoms with Crippen LogP contribution in [0.15, 0.2) is 18.2 Å². The summed E-state index contributed by atoms with van der Waals surface area (Å²) in [5.74, 6) is -0.0480. The fourth-order valence-electron chi connectivity index (χ4n) is 2.69. The van der Waals surface area contributed by atoms with Gasteiger partial charge in [-0.1, -0.05) is 30.1 Å². The Balaban J connectivity index is 1.91. The second-order valence-corrected chi connectivity index (χ2v) is 6.51. The molecule has 1 aliphatic rings. The van der Waals surface area contributed by atoms with Crippen LogP contribution in [-0.4, -0.2) is 54.5 Å². The van der Waals surface area contributed by atoms with Crippen LogP contribution >= 0.6 is 23.2 Å². The Bertz CT molecular complexity index is 516. The molecule has 0 aromatic heterocycles. The molecule has 0 bridgehead atoms. The first kappa shape index (κ1) is 17.5. The molecule has 1 unspecified atom stereocenters. The zero-order valence-electron chi connectivity index (χ0n) is 13.1. The first-order valence-electron chi connectivity index (χ1n) is 7.73. The number of nitrogens with zero attached hydrogens (tertiary/aromatic N) is 2. The number of anilines is 1. The molecule has 1 atom stereocenters. The Morgan fingerprint density at radius 3 is 2.59 bits per heavy atom. The highest BCUT2D eigenvalue weighted by Crippen LogP contribution is 2.25. The van der Waals surface area contributed by atoms with Crippen molar-refractivity contribution in [3.05, 3.63) is 28.2 Å². The number of carbonyl (C=O) groups excluding carboxylic acids is 1. The third-order valence-electron chi connectivity index (χ3n) is 4.06. The molecule has 0 saturated carbocycles. The van der Waals surface area contributed by atoms with Gasteiger partial charge < -0.3 is 10.2 Å². The topological polar surface area (TPSA) is 35.6 Å². The predicted octanol–water partition coefficient (Wildman–Crippen LogP) is 3.35. The highest BCUT2D eigenvalue weighted by molar-refractivity contribution is 6.35. The number of nitrogens with one attached hydrogen (secondary N) is 1. The van der Waals surface area contributed by atoms with Crippen LogP contribution in [0, 0.1) is 0 Å². The molecule has 1 amide bonds. The van der Waals surface area contributed by atoms with E-state index < -0.39 is 0 Å². The van der Waals surface area contributed by atoms with Crippen LogP contribution in [0.2, 0.25) is 10.0 Å². The summed E-state index contributed by atoms with van der Waals surface area (Å²) in [6.45, 7) is 9.12. The lowest BCUT2D eigenvalue weighted by atomic mass is 10.2. The molecule has 22 heavy (non-hydrogen) atoms.